The number of carbonyl (C=O) groups is 3. The summed E-state index contributed by atoms with van der Waals surface area (Å²) in [4.78, 5) is 40.6. The molecular formula is C22H20N4O5. The van der Waals surface area contributed by atoms with Crippen LogP contribution in [-0.4, -0.2) is 30.2 Å². The molecular weight excluding hydrogens is 400 g/mol. The molecule has 0 radical (unpaired) electrons. The average molecular weight is 420 g/mol. The summed E-state index contributed by atoms with van der Waals surface area (Å²) in [6.07, 6.45) is 1.72. The van der Waals surface area contributed by atoms with E-state index < -0.39 is 11.8 Å². The highest BCUT2D eigenvalue weighted by atomic mass is 16.6. The minimum atomic E-state index is -0.578. The van der Waals surface area contributed by atoms with Gasteiger partial charge in [0.2, 0.25) is 11.7 Å². The van der Waals surface area contributed by atoms with Gasteiger partial charge in [0, 0.05) is 11.4 Å². The number of aryl methyl sites for hydroxylation is 2. The van der Waals surface area contributed by atoms with Crippen molar-refractivity contribution in [1.82, 2.24) is 5.32 Å². The minimum Gasteiger partial charge on any atom is -0.457 e. The van der Waals surface area contributed by atoms with Gasteiger partial charge in [-0.05, 0) is 73.7 Å². The summed E-state index contributed by atoms with van der Waals surface area (Å²) < 4.78 is 6.16. The summed E-state index contributed by atoms with van der Waals surface area (Å²) in [5.41, 5.74) is 3.63. The molecule has 1 saturated carbocycles. The van der Waals surface area contributed by atoms with E-state index in [9.17, 15) is 14.4 Å². The number of oxime groups is 1. The molecule has 3 N–H and O–H groups in total. The van der Waals surface area contributed by atoms with Gasteiger partial charge in [-0.1, -0.05) is 5.16 Å². The molecule has 3 aliphatic rings. The van der Waals surface area contributed by atoms with Gasteiger partial charge in [0.05, 0.1) is 5.41 Å². The second-order valence-corrected chi connectivity index (χ2v) is 8.00. The number of carbonyl (C=O) groups excluding carboxylic acids is 3. The third-order valence-corrected chi connectivity index (χ3v) is 5.70. The molecule has 158 valence electrons. The molecule has 3 amide bonds. The summed E-state index contributed by atoms with van der Waals surface area (Å²) in [6, 6.07) is 9.17. The summed E-state index contributed by atoms with van der Waals surface area (Å²) in [5, 5.41) is 11.6. The van der Waals surface area contributed by atoms with E-state index in [2.05, 4.69) is 21.1 Å². The first kappa shape index (κ1) is 19.1. The Morgan fingerprint density at radius 2 is 1.87 bits per heavy atom. The van der Waals surface area contributed by atoms with Crippen LogP contribution < -0.4 is 20.7 Å². The molecule has 9 nitrogen and oxygen atoms in total. The van der Waals surface area contributed by atoms with Gasteiger partial charge >= 0.3 is 0 Å². The lowest BCUT2D eigenvalue weighted by molar-refractivity contribution is -0.126. The van der Waals surface area contributed by atoms with E-state index in [1.54, 1.807) is 12.1 Å². The average Bonchev–Trinajstić information content (AvgIpc) is 3.48. The standard InChI is InChI=1S/C22H20N4O5/c1-11-7-13(23-20(28)19-25-17(27)10-30-26-19)8-12(2)18(11)31-14-3-4-16-15(9-14)22(5-6-22)21(29)24-16/h3-4,7-9H,5-6,10H2,1-2H3,(H,23,28)(H,24,29)(H,25,26,27). The quantitative estimate of drug-likeness (QED) is 0.702. The van der Waals surface area contributed by atoms with Gasteiger partial charge in [-0.25, -0.2) is 0 Å². The van der Waals surface area contributed by atoms with Gasteiger partial charge in [0.1, 0.15) is 11.5 Å². The molecule has 0 bridgehead atoms. The number of anilines is 2. The van der Waals surface area contributed by atoms with Gasteiger partial charge < -0.3 is 25.5 Å². The molecule has 31 heavy (non-hydrogen) atoms. The minimum absolute atomic E-state index is 0.0660. The van der Waals surface area contributed by atoms with E-state index in [4.69, 9.17) is 9.57 Å². The SMILES string of the molecule is Cc1cc(NC(=O)C2=NOCC(=O)N2)cc(C)c1Oc1ccc2c(c1)C1(CC1)C(=O)N2. The molecule has 2 aromatic carbocycles. The fourth-order valence-electron chi connectivity index (χ4n) is 4.01. The Morgan fingerprint density at radius 3 is 2.55 bits per heavy atom. The first-order valence-electron chi connectivity index (χ1n) is 9.92. The highest BCUT2D eigenvalue weighted by Gasteiger charge is 2.56. The third kappa shape index (κ3) is 3.27. The summed E-state index contributed by atoms with van der Waals surface area (Å²) in [6.45, 7) is 3.54. The Labute approximate surface area is 177 Å². The molecule has 0 atom stereocenters. The fourth-order valence-corrected chi connectivity index (χ4v) is 4.01. The number of hydrogen-bond acceptors (Lipinski definition) is 6. The number of nitrogens with one attached hydrogen (secondary N) is 3. The maximum Gasteiger partial charge on any atom is 0.295 e. The largest absolute Gasteiger partial charge is 0.457 e. The van der Waals surface area contributed by atoms with Crippen LogP contribution in [0.4, 0.5) is 11.4 Å². The molecule has 2 aliphatic heterocycles. The van der Waals surface area contributed by atoms with Gasteiger partial charge in [0.25, 0.3) is 11.8 Å². The number of benzene rings is 2. The molecule has 0 unspecified atom stereocenters. The second kappa shape index (κ2) is 6.83. The van der Waals surface area contributed by atoms with Crippen molar-refractivity contribution in [2.45, 2.75) is 32.1 Å². The normalized spacial score (nSPS) is 17.8. The van der Waals surface area contributed by atoms with Crippen LogP contribution >= 0.6 is 0 Å². The Morgan fingerprint density at radius 1 is 1.13 bits per heavy atom. The van der Waals surface area contributed by atoms with Crippen LogP contribution in [0.2, 0.25) is 0 Å². The highest BCUT2D eigenvalue weighted by Crippen LogP contribution is 2.56. The molecule has 1 fully saturated rings. The molecule has 5 rings (SSSR count). The lowest BCUT2D eigenvalue weighted by atomic mass is 9.98. The molecule has 2 aromatic rings. The van der Waals surface area contributed by atoms with E-state index in [0.29, 0.717) is 17.2 Å². The van der Waals surface area contributed by atoms with Gasteiger partial charge in [-0.2, -0.15) is 0 Å². The lowest BCUT2D eigenvalue weighted by Gasteiger charge is -2.16. The number of ether oxygens (including phenoxy) is 1. The zero-order valence-electron chi connectivity index (χ0n) is 17.0. The zero-order valence-corrected chi connectivity index (χ0v) is 17.0. The molecule has 1 spiro atoms. The number of hydrogen-bond donors (Lipinski definition) is 3. The summed E-state index contributed by atoms with van der Waals surface area (Å²) >= 11 is 0. The summed E-state index contributed by atoms with van der Waals surface area (Å²) in [7, 11) is 0. The Hall–Kier alpha value is -3.88. The van der Waals surface area contributed by atoms with Crippen molar-refractivity contribution in [2.75, 3.05) is 17.2 Å². The van der Waals surface area contributed by atoms with Crippen molar-refractivity contribution in [1.29, 1.82) is 0 Å². The molecule has 0 aromatic heterocycles. The second-order valence-electron chi connectivity index (χ2n) is 8.00. The van der Waals surface area contributed by atoms with Crippen LogP contribution in [-0.2, 0) is 24.6 Å². The maximum absolute atomic E-state index is 12.3. The van der Waals surface area contributed by atoms with E-state index in [1.165, 1.54) is 0 Å². The zero-order chi connectivity index (χ0) is 21.8. The topological polar surface area (TPSA) is 118 Å². The molecule has 1 aliphatic carbocycles. The Bertz CT molecular complexity index is 1160. The highest BCUT2D eigenvalue weighted by molar-refractivity contribution is 6.44. The van der Waals surface area contributed by atoms with Crippen LogP contribution in [0, 0.1) is 13.8 Å². The number of amidine groups is 1. The van der Waals surface area contributed by atoms with Crippen molar-refractivity contribution in [3.63, 3.8) is 0 Å². The Balaban J connectivity index is 1.35. The number of fused-ring (bicyclic) bond motifs is 2. The van der Waals surface area contributed by atoms with E-state index in [-0.39, 0.29) is 23.8 Å². The first-order chi connectivity index (χ1) is 14.9. The van der Waals surface area contributed by atoms with E-state index >= 15 is 0 Å². The summed E-state index contributed by atoms with van der Waals surface area (Å²) in [5.74, 6) is 0.188. The van der Waals surface area contributed by atoms with Crippen LogP contribution in [0.5, 0.6) is 11.5 Å². The van der Waals surface area contributed by atoms with Crippen molar-refractivity contribution in [2.24, 2.45) is 5.16 Å². The monoisotopic (exact) mass is 420 g/mol. The molecule has 2 heterocycles. The fraction of sp³-hybridized carbons (Fsp3) is 0.273. The number of nitrogens with zero attached hydrogens (tertiary/aromatic N) is 1. The smallest absolute Gasteiger partial charge is 0.295 e. The van der Waals surface area contributed by atoms with Crippen LogP contribution in [0.25, 0.3) is 0 Å². The van der Waals surface area contributed by atoms with Crippen molar-refractivity contribution >= 4 is 34.9 Å². The van der Waals surface area contributed by atoms with Gasteiger partial charge in [-0.3, -0.25) is 14.4 Å². The molecule has 0 saturated heterocycles. The lowest BCUT2D eigenvalue weighted by Crippen LogP contribution is -2.44. The van der Waals surface area contributed by atoms with Crippen LogP contribution in [0.1, 0.15) is 29.5 Å². The van der Waals surface area contributed by atoms with Crippen molar-refractivity contribution in [3.05, 3.63) is 47.0 Å². The number of rotatable bonds is 4. The predicted molar refractivity (Wildman–Crippen MR) is 112 cm³/mol. The van der Waals surface area contributed by atoms with E-state index in [0.717, 1.165) is 35.2 Å². The van der Waals surface area contributed by atoms with Crippen molar-refractivity contribution < 1.29 is 24.0 Å². The Kier molecular flexibility index (Phi) is 4.21. The van der Waals surface area contributed by atoms with Gasteiger partial charge in [-0.15, -0.1) is 0 Å². The van der Waals surface area contributed by atoms with Crippen molar-refractivity contribution in [3.8, 4) is 11.5 Å². The first-order valence-corrected chi connectivity index (χ1v) is 9.92. The predicted octanol–water partition coefficient (Wildman–Crippen LogP) is 2.48. The van der Waals surface area contributed by atoms with Crippen LogP contribution in [0.15, 0.2) is 35.5 Å². The molecule has 9 heteroatoms. The van der Waals surface area contributed by atoms with Gasteiger partial charge in [0.15, 0.2) is 6.61 Å². The number of amides is 3. The van der Waals surface area contributed by atoms with E-state index in [1.807, 2.05) is 32.0 Å². The van der Waals surface area contributed by atoms with Crippen LogP contribution in [0.3, 0.4) is 0 Å². The maximum atomic E-state index is 12.3. The third-order valence-electron chi connectivity index (χ3n) is 5.70.